The molecule has 2 aromatic rings. The lowest BCUT2D eigenvalue weighted by Gasteiger charge is -2.29. The summed E-state index contributed by atoms with van der Waals surface area (Å²) in [6, 6.07) is 5.40. The Morgan fingerprint density at radius 2 is 1.56 bits per heavy atom. The maximum atomic E-state index is 13.0. The molecule has 36 heavy (non-hydrogen) atoms. The van der Waals surface area contributed by atoms with Gasteiger partial charge in [-0.2, -0.15) is 0 Å². The second kappa shape index (κ2) is 11.4. The minimum absolute atomic E-state index is 0.0860. The molecule has 0 spiro atoms. The van der Waals surface area contributed by atoms with Crippen LogP contribution in [-0.2, 0) is 19.0 Å². The van der Waals surface area contributed by atoms with Gasteiger partial charge in [0.05, 0.1) is 43.2 Å². The fraction of sp³-hybridized carbons (Fsp3) is 0.360. The van der Waals surface area contributed by atoms with Gasteiger partial charge in [-0.25, -0.2) is 19.2 Å². The van der Waals surface area contributed by atoms with E-state index in [1.165, 1.54) is 7.11 Å². The minimum atomic E-state index is -0.844. The number of amides is 2. The summed E-state index contributed by atoms with van der Waals surface area (Å²) in [4.78, 5) is 53.3. The first-order valence-electron chi connectivity index (χ1n) is 11.4. The number of hydrogen-bond acceptors (Lipinski definition) is 8. The van der Waals surface area contributed by atoms with Gasteiger partial charge in [-0.1, -0.05) is 12.1 Å². The Morgan fingerprint density at radius 1 is 0.917 bits per heavy atom. The third-order valence-electron chi connectivity index (χ3n) is 5.57. The Hall–Kier alpha value is -4.28. The molecule has 0 saturated carbocycles. The molecule has 0 saturated heterocycles. The van der Waals surface area contributed by atoms with Gasteiger partial charge in [0.25, 0.3) is 0 Å². The molecule has 1 unspecified atom stereocenters. The van der Waals surface area contributed by atoms with E-state index in [4.69, 9.17) is 18.9 Å². The lowest BCUT2D eigenvalue weighted by atomic mass is 9.95. The van der Waals surface area contributed by atoms with Crippen LogP contribution in [0.2, 0.25) is 0 Å². The molecule has 3 rings (SSSR count). The second-order valence-electron chi connectivity index (χ2n) is 7.84. The topological polar surface area (TPSA) is 145 Å². The number of nitrogens with one attached hydrogen (secondary N) is 3. The number of ether oxygens (including phenoxy) is 4. The third kappa shape index (κ3) is 5.51. The van der Waals surface area contributed by atoms with Crippen molar-refractivity contribution in [2.75, 3.05) is 26.9 Å². The van der Waals surface area contributed by atoms with Gasteiger partial charge >= 0.3 is 23.9 Å². The molecule has 1 aliphatic rings. The van der Waals surface area contributed by atoms with Crippen molar-refractivity contribution in [2.45, 2.75) is 33.7 Å². The molecule has 3 N–H and O–H groups in total. The quantitative estimate of drug-likeness (QED) is 0.353. The van der Waals surface area contributed by atoms with E-state index in [2.05, 4.69) is 15.6 Å². The van der Waals surface area contributed by atoms with Crippen molar-refractivity contribution in [3.63, 3.8) is 0 Å². The zero-order valence-electron chi connectivity index (χ0n) is 20.8. The minimum Gasteiger partial charge on any atom is -0.497 e. The number of H-pyrrole nitrogens is 1. The molecule has 0 aliphatic carbocycles. The smallest absolute Gasteiger partial charge is 0.355 e. The molecule has 192 valence electrons. The van der Waals surface area contributed by atoms with Crippen molar-refractivity contribution in [3.8, 4) is 5.75 Å². The number of benzene rings is 1. The van der Waals surface area contributed by atoms with Crippen LogP contribution in [0.1, 0.15) is 57.6 Å². The number of aryl methyl sites for hydroxylation is 1. The predicted molar refractivity (Wildman–Crippen MR) is 128 cm³/mol. The molecule has 0 fully saturated rings. The highest BCUT2D eigenvalue weighted by atomic mass is 16.5. The number of esters is 3. The van der Waals surface area contributed by atoms with Crippen molar-refractivity contribution in [1.82, 2.24) is 15.6 Å². The van der Waals surface area contributed by atoms with Crippen LogP contribution >= 0.6 is 0 Å². The Labute approximate surface area is 208 Å². The zero-order chi connectivity index (χ0) is 26.4. The van der Waals surface area contributed by atoms with E-state index in [1.807, 2.05) is 0 Å². The van der Waals surface area contributed by atoms with Crippen molar-refractivity contribution in [2.24, 2.45) is 0 Å². The molecule has 11 nitrogen and oxygen atoms in total. The lowest BCUT2D eigenvalue weighted by molar-refractivity contribution is -0.139. The number of aromatic nitrogens is 1. The first-order valence-corrected chi connectivity index (χ1v) is 11.4. The van der Waals surface area contributed by atoms with Crippen LogP contribution in [0.15, 0.2) is 35.5 Å². The number of rotatable bonds is 9. The van der Waals surface area contributed by atoms with E-state index < -0.39 is 36.6 Å². The highest BCUT2D eigenvalue weighted by Crippen LogP contribution is 2.29. The Kier molecular flexibility index (Phi) is 8.36. The highest BCUT2D eigenvalue weighted by Gasteiger charge is 2.34. The molecule has 11 heteroatoms. The first kappa shape index (κ1) is 26.3. The summed E-state index contributed by atoms with van der Waals surface area (Å²) in [5.74, 6) is -1.39. The summed E-state index contributed by atoms with van der Waals surface area (Å²) >= 11 is 0. The van der Waals surface area contributed by atoms with Gasteiger partial charge in [-0.05, 0) is 51.0 Å². The number of carbonyl (C=O) groups excluding carboxylic acids is 4. The normalized spacial score (nSPS) is 15.0. The second-order valence-corrected chi connectivity index (χ2v) is 7.84. The molecule has 1 aromatic carbocycles. The van der Waals surface area contributed by atoms with Crippen molar-refractivity contribution < 1.29 is 38.1 Å². The zero-order valence-corrected chi connectivity index (χ0v) is 20.8. The SMILES string of the molecule is CCOC(=O)C1=C(COC(=O)c2c(C)[nH]c(C(=O)OCC)c2C)NC(=O)NC1c1ccc(OC)cc1. The summed E-state index contributed by atoms with van der Waals surface area (Å²) in [7, 11) is 1.53. The van der Waals surface area contributed by atoms with E-state index in [0.29, 0.717) is 22.6 Å². The Bertz CT molecular complexity index is 1200. The van der Waals surface area contributed by atoms with Gasteiger partial charge in [-0.3, -0.25) is 0 Å². The largest absolute Gasteiger partial charge is 0.497 e. The number of urea groups is 1. The lowest BCUT2D eigenvalue weighted by Crippen LogP contribution is -2.47. The molecule has 0 radical (unpaired) electrons. The molecular weight excluding hydrogens is 470 g/mol. The summed E-state index contributed by atoms with van der Waals surface area (Å²) in [6.45, 7) is 6.45. The Morgan fingerprint density at radius 3 is 2.17 bits per heavy atom. The van der Waals surface area contributed by atoms with Crippen LogP contribution in [0.25, 0.3) is 0 Å². The van der Waals surface area contributed by atoms with Crippen LogP contribution in [0.4, 0.5) is 4.79 Å². The van der Waals surface area contributed by atoms with E-state index in [0.717, 1.165) is 0 Å². The average Bonchev–Trinajstić information content (AvgIpc) is 3.16. The molecule has 1 atom stereocenters. The maximum Gasteiger partial charge on any atom is 0.355 e. The van der Waals surface area contributed by atoms with Crippen molar-refractivity contribution in [3.05, 3.63) is 63.6 Å². The van der Waals surface area contributed by atoms with E-state index >= 15 is 0 Å². The van der Waals surface area contributed by atoms with Gasteiger partial charge in [0.1, 0.15) is 18.1 Å². The molecular formula is C25H29N3O8. The fourth-order valence-electron chi connectivity index (χ4n) is 3.90. The number of methoxy groups -OCH3 is 1. The first-order chi connectivity index (χ1) is 17.2. The number of hydrogen-bond donors (Lipinski definition) is 3. The molecule has 2 amide bonds. The van der Waals surface area contributed by atoms with Gasteiger partial charge in [0, 0.05) is 5.69 Å². The summed E-state index contributed by atoms with van der Waals surface area (Å²) in [5, 5.41) is 5.26. The van der Waals surface area contributed by atoms with E-state index in [1.54, 1.807) is 52.0 Å². The van der Waals surface area contributed by atoms with Crippen molar-refractivity contribution >= 4 is 23.9 Å². The summed E-state index contributed by atoms with van der Waals surface area (Å²) in [5.41, 5.74) is 1.92. The van der Waals surface area contributed by atoms with Crippen LogP contribution in [0.5, 0.6) is 5.75 Å². The van der Waals surface area contributed by atoms with Gasteiger partial charge in [0.15, 0.2) is 0 Å². The molecule has 2 heterocycles. The predicted octanol–water partition coefficient (Wildman–Crippen LogP) is 2.84. The van der Waals surface area contributed by atoms with Gasteiger partial charge in [-0.15, -0.1) is 0 Å². The molecule has 1 aliphatic heterocycles. The monoisotopic (exact) mass is 499 g/mol. The summed E-state index contributed by atoms with van der Waals surface area (Å²) < 4.78 is 20.9. The van der Waals surface area contributed by atoms with E-state index in [9.17, 15) is 19.2 Å². The van der Waals surface area contributed by atoms with Crippen molar-refractivity contribution in [1.29, 1.82) is 0 Å². The van der Waals surface area contributed by atoms with Gasteiger partial charge < -0.3 is 34.6 Å². The van der Waals surface area contributed by atoms with Crippen LogP contribution in [-0.4, -0.2) is 55.9 Å². The van der Waals surface area contributed by atoms with Crippen LogP contribution in [0.3, 0.4) is 0 Å². The number of aromatic amines is 1. The van der Waals surface area contributed by atoms with Crippen LogP contribution < -0.4 is 15.4 Å². The molecule has 1 aromatic heterocycles. The number of carbonyl (C=O) groups is 4. The van der Waals surface area contributed by atoms with Gasteiger partial charge in [0.2, 0.25) is 0 Å². The third-order valence-corrected chi connectivity index (χ3v) is 5.57. The highest BCUT2D eigenvalue weighted by molar-refractivity contribution is 5.99. The van der Waals surface area contributed by atoms with E-state index in [-0.39, 0.29) is 35.7 Å². The maximum absolute atomic E-state index is 13.0. The van der Waals surface area contributed by atoms with Crippen LogP contribution in [0, 0.1) is 13.8 Å². The Balaban J connectivity index is 1.92. The average molecular weight is 500 g/mol. The fourth-order valence-corrected chi connectivity index (χ4v) is 3.90. The standard InChI is InChI=1S/C25H29N3O8/c1-6-34-23(30)19-17(27-25(32)28-21(19)15-8-10-16(33-5)11-9-15)12-36-22(29)18-13(3)20(26-14(18)4)24(31)35-7-2/h8-11,21,26H,6-7,12H2,1-5H3,(H2,27,28,32). The summed E-state index contributed by atoms with van der Waals surface area (Å²) in [6.07, 6.45) is 0. The molecule has 0 bridgehead atoms.